The molecule has 0 bridgehead atoms. The van der Waals surface area contributed by atoms with Crippen molar-refractivity contribution in [3.05, 3.63) is 59.0 Å². The van der Waals surface area contributed by atoms with E-state index in [1.54, 1.807) is 0 Å². The number of ether oxygens (including phenoxy) is 1. The second kappa shape index (κ2) is 9.14. The van der Waals surface area contributed by atoms with Crippen molar-refractivity contribution < 1.29 is 17.9 Å². The Bertz CT molecular complexity index is 1240. The molecule has 170 valence electrons. The van der Waals surface area contributed by atoms with Gasteiger partial charge in [-0.3, -0.25) is 9.20 Å². The quantitative estimate of drug-likeness (QED) is 0.584. The summed E-state index contributed by atoms with van der Waals surface area (Å²) in [6, 6.07) is 9.38. The van der Waals surface area contributed by atoms with Gasteiger partial charge in [0.05, 0.1) is 24.3 Å². The predicted octanol–water partition coefficient (Wildman–Crippen LogP) is 2.53. The fourth-order valence-electron chi connectivity index (χ4n) is 3.59. The third-order valence-corrected chi connectivity index (χ3v) is 7.73. The van der Waals surface area contributed by atoms with Crippen molar-refractivity contribution in [1.82, 2.24) is 24.2 Å². The molecule has 0 radical (unpaired) electrons. The molecule has 0 spiro atoms. The molecule has 0 aliphatic carbocycles. The van der Waals surface area contributed by atoms with E-state index in [1.807, 2.05) is 42.6 Å². The molecular weight excluding hydrogens is 454 g/mol. The van der Waals surface area contributed by atoms with Crippen LogP contribution in [0.5, 0.6) is 0 Å². The summed E-state index contributed by atoms with van der Waals surface area (Å²) in [5.41, 5.74) is 0.869. The Labute approximate surface area is 191 Å². The van der Waals surface area contributed by atoms with Crippen LogP contribution in [-0.2, 0) is 14.8 Å². The molecule has 1 fully saturated rings. The van der Waals surface area contributed by atoms with Crippen molar-refractivity contribution >= 4 is 33.2 Å². The molecule has 1 aliphatic heterocycles. The maximum absolute atomic E-state index is 13.1. The van der Waals surface area contributed by atoms with Crippen LogP contribution in [0.2, 0.25) is 5.02 Å². The fraction of sp³-hybridized carbons (Fsp3) is 0.381. The molecule has 11 heteroatoms. The molecule has 9 nitrogen and oxygen atoms in total. The van der Waals surface area contributed by atoms with Crippen molar-refractivity contribution in [3.63, 3.8) is 0 Å². The van der Waals surface area contributed by atoms with Crippen molar-refractivity contribution in [1.29, 1.82) is 0 Å². The highest BCUT2D eigenvalue weighted by Gasteiger charge is 2.30. The number of amides is 1. The summed E-state index contributed by atoms with van der Waals surface area (Å²) in [5, 5.41) is 11.5. The summed E-state index contributed by atoms with van der Waals surface area (Å²) in [4.78, 5) is 13.0. The number of sulfonamides is 1. The van der Waals surface area contributed by atoms with Crippen molar-refractivity contribution in [3.8, 4) is 0 Å². The number of hydrogen-bond donors (Lipinski definition) is 1. The van der Waals surface area contributed by atoms with E-state index < -0.39 is 22.0 Å². The lowest BCUT2D eigenvalue weighted by atomic mass is 10.0. The summed E-state index contributed by atoms with van der Waals surface area (Å²) in [5.74, 6) is 0.181. The Morgan fingerprint density at radius 3 is 2.62 bits per heavy atom. The van der Waals surface area contributed by atoms with Gasteiger partial charge in [0.2, 0.25) is 10.0 Å². The molecule has 0 saturated carbocycles. The number of nitrogens with zero attached hydrogens (tertiary/aromatic N) is 4. The second-order valence-electron chi connectivity index (χ2n) is 7.84. The van der Waals surface area contributed by atoms with E-state index in [0.717, 1.165) is 0 Å². The van der Waals surface area contributed by atoms with Gasteiger partial charge >= 0.3 is 0 Å². The van der Waals surface area contributed by atoms with E-state index in [4.69, 9.17) is 16.3 Å². The van der Waals surface area contributed by atoms with Gasteiger partial charge in [0.1, 0.15) is 4.90 Å². The van der Waals surface area contributed by atoms with E-state index >= 15 is 0 Å². The van der Waals surface area contributed by atoms with Crippen LogP contribution in [-0.4, -0.2) is 59.5 Å². The molecule has 1 aromatic carbocycles. The summed E-state index contributed by atoms with van der Waals surface area (Å²) < 4.78 is 34.5. The van der Waals surface area contributed by atoms with Gasteiger partial charge < -0.3 is 10.1 Å². The third-order valence-electron chi connectivity index (χ3n) is 5.35. The standard InChI is InChI=1S/C21H24ClN5O4S/c1-14(2)19(20-25-24-18-5-3-4-8-27(18)20)23-21(28)15-6-7-16(22)17(13-15)32(29,30)26-9-11-31-12-10-26/h3-8,13-14,19H,9-12H2,1-2H3,(H,23,28)/t19-/m0/s1. The lowest BCUT2D eigenvalue weighted by Gasteiger charge is -2.26. The number of nitrogens with one attached hydrogen (secondary N) is 1. The number of carbonyl (C=O) groups excluding carboxylic acids is 1. The molecular formula is C21H24ClN5O4S. The Kier molecular flexibility index (Phi) is 6.47. The van der Waals surface area contributed by atoms with Gasteiger partial charge in [-0.25, -0.2) is 8.42 Å². The smallest absolute Gasteiger partial charge is 0.251 e. The number of aromatic nitrogens is 3. The highest BCUT2D eigenvalue weighted by atomic mass is 35.5. The number of morpholine rings is 1. The first-order valence-electron chi connectivity index (χ1n) is 10.3. The number of pyridine rings is 1. The number of carbonyl (C=O) groups is 1. The first kappa shape index (κ1) is 22.7. The minimum Gasteiger partial charge on any atom is -0.379 e. The molecule has 1 saturated heterocycles. The van der Waals surface area contributed by atoms with Crippen LogP contribution in [0.4, 0.5) is 0 Å². The molecule has 1 aliphatic rings. The van der Waals surface area contributed by atoms with Crippen molar-refractivity contribution in [2.24, 2.45) is 5.92 Å². The van der Waals surface area contributed by atoms with Gasteiger partial charge in [0.25, 0.3) is 5.91 Å². The number of hydrogen-bond acceptors (Lipinski definition) is 6. The molecule has 2 aromatic heterocycles. The zero-order valence-corrected chi connectivity index (χ0v) is 19.3. The highest BCUT2D eigenvalue weighted by molar-refractivity contribution is 7.89. The average Bonchev–Trinajstić information content (AvgIpc) is 3.21. The Hall–Kier alpha value is -2.53. The SMILES string of the molecule is CC(C)[C@H](NC(=O)c1ccc(Cl)c(S(=O)(=O)N2CCOCC2)c1)c1nnc2ccccn12. The summed E-state index contributed by atoms with van der Waals surface area (Å²) >= 11 is 6.22. The van der Waals surface area contributed by atoms with Crippen LogP contribution >= 0.6 is 11.6 Å². The Morgan fingerprint density at radius 2 is 1.91 bits per heavy atom. The number of halogens is 1. The largest absolute Gasteiger partial charge is 0.379 e. The minimum atomic E-state index is -3.85. The third kappa shape index (κ3) is 4.36. The van der Waals surface area contributed by atoms with E-state index in [0.29, 0.717) is 24.7 Å². The first-order valence-corrected chi connectivity index (χ1v) is 12.1. The van der Waals surface area contributed by atoms with E-state index in [-0.39, 0.29) is 34.5 Å². The van der Waals surface area contributed by atoms with Gasteiger partial charge in [0.15, 0.2) is 11.5 Å². The lowest BCUT2D eigenvalue weighted by Crippen LogP contribution is -2.40. The monoisotopic (exact) mass is 477 g/mol. The van der Waals surface area contributed by atoms with E-state index in [1.165, 1.54) is 22.5 Å². The Balaban J connectivity index is 1.63. The number of fused-ring (bicyclic) bond motifs is 1. The lowest BCUT2D eigenvalue weighted by molar-refractivity contribution is 0.0730. The fourth-order valence-corrected chi connectivity index (χ4v) is 5.50. The minimum absolute atomic E-state index is 0.00964. The maximum Gasteiger partial charge on any atom is 0.251 e. The van der Waals surface area contributed by atoms with Gasteiger partial charge in [-0.15, -0.1) is 10.2 Å². The highest BCUT2D eigenvalue weighted by Crippen LogP contribution is 2.27. The maximum atomic E-state index is 13.1. The van der Waals surface area contributed by atoms with E-state index in [9.17, 15) is 13.2 Å². The zero-order chi connectivity index (χ0) is 22.9. The van der Waals surface area contributed by atoms with E-state index in [2.05, 4.69) is 15.5 Å². The van der Waals surface area contributed by atoms with Gasteiger partial charge in [-0.2, -0.15) is 4.31 Å². The zero-order valence-electron chi connectivity index (χ0n) is 17.7. The van der Waals surface area contributed by atoms with Gasteiger partial charge in [-0.05, 0) is 36.2 Å². The van der Waals surface area contributed by atoms with Crippen LogP contribution in [0, 0.1) is 5.92 Å². The van der Waals surface area contributed by atoms with Crippen molar-refractivity contribution in [2.45, 2.75) is 24.8 Å². The second-order valence-corrected chi connectivity index (χ2v) is 10.2. The van der Waals surface area contributed by atoms with Crippen LogP contribution in [0.25, 0.3) is 5.65 Å². The summed E-state index contributed by atoms with van der Waals surface area (Å²) in [6.45, 7) is 5.05. The molecule has 1 atom stereocenters. The molecule has 1 N–H and O–H groups in total. The number of benzene rings is 1. The molecule has 32 heavy (non-hydrogen) atoms. The molecule has 3 heterocycles. The van der Waals surface area contributed by atoms with Crippen LogP contribution in [0.3, 0.4) is 0 Å². The molecule has 4 rings (SSSR count). The normalized spacial score (nSPS) is 16.4. The van der Waals surface area contributed by atoms with Crippen LogP contribution < -0.4 is 5.32 Å². The Morgan fingerprint density at radius 1 is 1.16 bits per heavy atom. The molecule has 3 aromatic rings. The molecule has 1 amide bonds. The van der Waals surface area contributed by atoms with Gasteiger partial charge in [0, 0.05) is 24.8 Å². The van der Waals surface area contributed by atoms with Gasteiger partial charge in [-0.1, -0.05) is 31.5 Å². The topological polar surface area (TPSA) is 106 Å². The molecule has 0 unspecified atom stereocenters. The average molecular weight is 478 g/mol. The summed E-state index contributed by atoms with van der Waals surface area (Å²) in [7, 11) is -3.85. The number of rotatable bonds is 6. The first-order chi connectivity index (χ1) is 15.3. The van der Waals surface area contributed by atoms with Crippen molar-refractivity contribution in [2.75, 3.05) is 26.3 Å². The summed E-state index contributed by atoms with van der Waals surface area (Å²) in [6.07, 6.45) is 1.83. The van der Waals surface area contributed by atoms with Crippen LogP contribution in [0.1, 0.15) is 36.1 Å². The van der Waals surface area contributed by atoms with Crippen LogP contribution in [0.15, 0.2) is 47.5 Å². The predicted molar refractivity (Wildman–Crippen MR) is 119 cm³/mol.